The van der Waals surface area contributed by atoms with Gasteiger partial charge in [0, 0.05) is 0 Å². The minimum Gasteiger partial charge on any atom is -0.493 e. The van der Waals surface area contributed by atoms with Gasteiger partial charge in [-0.25, -0.2) is 0 Å². The number of benzene rings is 1. The number of epoxide rings is 1. The second kappa shape index (κ2) is 3.03. The second-order valence-corrected chi connectivity index (χ2v) is 2.53. The maximum absolute atomic E-state index is 5.40. The molecule has 1 aliphatic heterocycles. The Hall–Kier alpha value is -1.22. The maximum Gasteiger partial charge on any atom is 0.224 e. The van der Waals surface area contributed by atoms with Crippen molar-refractivity contribution in [1.82, 2.24) is 0 Å². The summed E-state index contributed by atoms with van der Waals surface area (Å²) in [5.74, 6) is 1.48. The Kier molecular flexibility index (Phi) is 1.87. The SMILES string of the molecule is COc1ccccc1OC1CO1. The van der Waals surface area contributed by atoms with E-state index in [1.165, 1.54) is 0 Å². The van der Waals surface area contributed by atoms with Crippen molar-refractivity contribution in [2.75, 3.05) is 13.7 Å². The van der Waals surface area contributed by atoms with E-state index in [9.17, 15) is 0 Å². The molecule has 1 fully saturated rings. The Morgan fingerprint density at radius 1 is 1.33 bits per heavy atom. The van der Waals surface area contributed by atoms with Gasteiger partial charge in [-0.1, -0.05) is 12.1 Å². The van der Waals surface area contributed by atoms with Crippen molar-refractivity contribution in [1.29, 1.82) is 0 Å². The lowest BCUT2D eigenvalue weighted by Gasteiger charge is -2.06. The molecule has 1 unspecified atom stereocenters. The molecule has 1 atom stereocenters. The van der Waals surface area contributed by atoms with E-state index in [0.717, 1.165) is 11.5 Å². The van der Waals surface area contributed by atoms with Crippen LogP contribution < -0.4 is 9.47 Å². The Morgan fingerprint density at radius 2 is 2.00 bits per heavy atom. The van der Waals surface area contributed by atoms with Gasteiger partial charge in [0.05, 0.1) is 7.11 Å². The fourth-order valence-corrected chi connectivity index (χ4v) is 0.965. The summed E-state index contributed by atoms with van der Waals surface area (Å²) in [7, 11) is 1.62. The first-order valence-electron chi connectivity index (χ1n) is 3.81. The van der Waals surface area contributed by atoms with Crippen LogP contribution in [-0.4, -0.2) is 20.0 Å². The van der Waals surface area contributed by atoms with E-state index in [0.29, 0.717) is 6.61 Å². The van der Waals surface area contributed by atoms with Crippen LogP contribution in [0.25, 0.3) is 0 Å². The molecule has 3 heteroatoms. The van der Waals surface area contributed by atoms with Crippen molar-refractivity contribution in [3.8, 4) is 11.5 Å². The Bertz CT molecular complexity index is 268. The highest BCUT2D eigenvalue weighted by molar-refractivity contribution is 5.39. The molecule has 1 aliphatic rings. The molecule has 3 nitrogen and oxygen atoms in total. The molecular weight excluding hydrogens is 156 g/mol. The molecule has 0 amide bonds. The van der Waals surface area contributed by atoms with Crippen LogP contribution in [0.1, 0.15) is 0 Å². The molecule has 0 aromatic heterocycles. The van der Waals surface area contributed by atoms with E-state index >= 15 is 0 Å². The average molecular weight is 166 g/mol. The van der Waals surface area contributed by atoms with Gasteiger partial charge in [0.2, 0.25) is 6.29 Å². The van der Waals surface area contributed by atoms with Gasteiger partial charge in [-0.2, -0.15) is 0 Å². The van der Waals surface area contributed by atoms with Gasteiger partial charge >= 0.3 is 0 Å². The summed E-state index contributed by atoms with van der Waals surface area (Å²) in [6.07, 6.45) is -0.0682. The zero-order valence-corrected chi connectivity index (χ0v) is 6.82. The summed E-state index contributed by atoms with van der Waals surface area (Å²) in [6, 6.07) is 7.53. The zero-order valence-electron chi connectivity index (χ0n) is 6.82. The van der Waals surface area contributed by atoms with Crippen LogP contribution in [0, 0.1) is 0 Å². The number of methoxy groups -OCH3 is 1. The summed E-state index contributed by atoms with van der Waals surface area (Å²) in [4.78, 5) is 0. The third-order valence-electron chi connectivity index (χ3n) is 1.63. The largest absolute Gasteiger partial charge is 0.493 e. The predicted molar refractivity (Wildman–Crippen MR) is 43.4 cm³/mol. The first kappa shape index (κ1) is 7.43. The third kappa shape index (κ3) is 1.51. The van der Waals surface area contributed by atoms with Gasteiger partial charge < -0.3 is 14.2 Å². The highest BCUT2D eigenvalue weighted by Gasteiger charge is 2.25. The highest BCUT2D eigenvalue weighted by atomic mass is 16.8. The van der Waals surface area contributed by atoms with Crippen LogP contribution in [0.3, 0.4) is 0 Å². The van der Waals surface area contributed by atoms with E-state index in [4.69, 9.17) is 14.2 Å². The van der Waals surface area contributed by atoms with E-state index in [1.807, 2.05) is 24.3 Å². The molecule has 0 radical (unpaired) electrons. The fourth-order valence-electron chi connectivity index (χ4n) is 0.965. The molecule has 0 N–H and O–H groups in total. The van der Waals surface area contributed by atoms with Crippen molar-refractivity contribution in [3.05, 3.63) is 24.3 Å². The topological polar surface area (TPSA) is 31.0 Å². The fraction of sp³-hybridized carbons (Fsp3) is 0.333. The Balaban J connectivity index is 2.15. The minimum atomic E-state index is -0.0682. The molecule has 64 valence electrons. The normalized spacial score (nSPS) is 20.2. The smallest absolute Gasteiger partial charge is 0.224 e. The van der Waals surface area contributed by atoms with Gasteiger partial charge in [0.25, 0.3) is 0 Å². The van der Waals surface area contributed by atoms with Crippen molar-refractivity contribution in [2.24, 2.45) is 0 Å². The Labute approximate surface area is 70.9 Å². The second-order valence-electron chi connectivity index (χ2n) is 2.53. The summed E-state index contributed by atoms with van der Waals surface area (Å²) in [6.45, 7) is 0.679. The van der Waals surface area contributed by atoms with Crippen molar-refractivity contribution >= 4 is 0 Å². The van der Waals surface area contributed by atoms with Gasteiger partial charge in [-0.15, -0.1) is 0 Å². The van der Waals surface area contributed by atoms with Gasteiger partial charge in [-0.05, 0) is 12.1 Å². The number of ether oxygens (including phenoxy) is 3. The Morgan fingerprint density at radius 3 is 2.58 bits per heavy atom. The van der Waals surface area contributed by atoms with Crippen LogP contribution in [0.15, 0.2) is 24.3 Å². The molecule has 1 aromatic rings. The highest BCUT2D eigenvalue weighted by Crippen LogP contribution is 2.29. The molecular formula is C9H10O3. The molecule has 1 saturated heterocycles. The molecule has 12 heavy (non-hydrogen) atoms. The predicted octanol–water partition coefficient (Wildman–Crippen LogP) is 1.43. The quantitative estimate of drug-likeness (QED) is 0.636. The molecule has 1 aromatic carbocycles. The van der Waals surface area contributed by atoms with Crippen LogP contribution in [-0.2, 0) is 4.74 Å². The summed E-state index contributed by atoms with van der Waals surface area (Å²) >= 11 is 0. The third-order valence-corrected chi connectivity index (χ3v) is 1.63. The number of para-hydroxylation sites is 2. The maximum atomic E-state index is 5.40. The molecule has 0 spiro atoms. The van der Waals surface area contributed by atoms with E-state index in [-0.39, 0.29) is 6.29 Å². The first-order valence-corrected chi connectivity index (χ1v) is 3.81. The average Bonchev–Trinajstić information content (AvgIpc) is 2.89. The first-order chi connectivity index (χ1) is 5.90. The molecule has 2 rings (SSSR count). The summed E-state index contributed by atoms with van der Waals surface area (Å²) in [5.41, 5.74) is 0. The van der Waals surface area contributed by atoms with E-state index in [1.54, 1.807) is 7.11 Å². The van der Waals surface area contributed by atoms with Crippen LogP contribution >= 0.6 is 0 Å². The lowest BCUT2D eigenvalue weighted by molar-refractivity contribution is 0.173. The van der Waals surface area contributed by atoms with Crippen LogP contribution in [0.4, 0.5) is 0 Å². The van der Waals surface area contributed by atoms with Gasteiger partial charge in [-0.3, -0.25) is 0 Å². The number of hydrogen-bond donors (Lipinski definition) is 0. The van der Waals surface area contributed by atoms with Crippen LogP contribution in [0.5, 0.6) is 11.5 Å². The van der Waals surface area contributed by atoms with Crippen molar-refractivity contribution < 1.29 is 14.2 Å². The lowest BCUT2D eigenvalue weighted by Crippen LogP contribution is -1.99. The van der Waals surface area contributed by atoms with Crippen LogP contribution in [0.2, 0.25) is 0 Å². The van der Waals surface area contributed by atoms with E-state index in [2.05, 4.69) is 0 Å². The van der Waals surface area contributed by atoms with Crippen molar-refractivity contribution in [3.63, 3.8) is 0 Å². The van der Waals surface area contributed by atoms with E-state index < -0.39 is 0 Å². The standard InChI is InChI=1S/C9H10O3/c1-10-7-4-2-3-5-8(7)12-9-6-11-9/h2-5,9H,6H2,1H3. The van der Waals surface area contributed by atoms with Crippen molar-refractivity contribution in [2.45, 2.75) is 6.29 Å². The monoisotopic (exact) mass is 166 g/mol. The molecule has 1 heterocycles. The van der Waals surface area contributed by atoms with Gasteiger partial charge in [0.15, 0.2) is 11.5 Å². The molecule has 0 aliphatic carbocycles. The number of rotatable bonds is 3. The number of hydrogen-bond acceptors (Lipinski definition) is 3. The van der Waals surface area contributed by atoms with Gasteiger partial charge in [0.1, 0.15) is 6.61 Å². The molecule has 0 bridgehead atoms. The lowest BCUT2D eigenvalue weighted by atomic mass is 10.3. The summed E-state index contributed by atoms with van der Waals surface area (Å²) < 4.78 is 15.4. The summed E-state index contributed by atoms with van der Waals surface area (Å²) in [5, 5.41) is 0. The minimum absolute atomic E-state index is 0.0682. The molecule has 0 saturated carbocycles. The zero-order chi connectivity index (χ0) is 8.39.